The lowest BCUT2D eigenvalue weighted by molar-refractivity contribution is 0.496. The highest BCUT2D eigenvalue weighted by Crippen LogP contribution is 2.52. The van der Waals surface area contributed by atoms with Crippen LogP contribution in [0.2, 0.25) is 0 Å². The summed E-state index contributed by atoms with van der Waals surface area (Å²) in [5, 5.41) is 2.79. The number of aliphatic imine (C=N–C) groups is 1. The normalized spacial score (nSPS) is 17.2. The van der Waals surface area contributed by atoms with Gasteiger partial charge in [0.25, 0.3) is 0 Å². The highest BCUT2D eigenvalue weighted by molar-refractivity contribution is 7.92. The van der Waals surface area contributed by atoms with Gasteiger partial charge in [-0.05, 0) is 29.1 Å². The van der Waals surface area contributed by atoms with E-state index in [0.29, 0.717) is 0 Å². The predicted molar refractivity (Wildman–Crippen MR) is 120 cm³/mol. The molecule has 0 spiro atoms. The summed E-state index contributed by atoms with van der Waals surface area (Å²) in [4.78, 5) is 5.12. The van der Waals surface area contributed by atoms with E-state index in [4.69, 9.17) is 4.99 Å². The van der Waals surface area contributed by atoms with Crippen molar-refractivity contribution in [1.82, 2.24) is 0 Å². The van der Waals surface area contributed by atoms with Crippen LogP contribution in [0.1, 0.15) is 41.5 Å². The van der Waals surface area contributed by atoms with Crippen molar-refractivity contribution in [2.45, 2.75) is 41.5 Å². The van der Waals surface area contributed by atoms with E-state index in [1.54, 1.807) is 0 Å². The van der Waals surface area contributed by atoms with Crippen molar-refractivity contribution in [2.75, 3.05) is 0 Å². The monoisotopic (exact) mass is 363 g/mol. The van der Waals surface area contributed by atoms with E-state index in [0.717, 1.165) is 0 Å². The Morgan fingerprint density at radius 2 is 1.12 bits per heavy atom. The molecule has 0 saturated heterocycles. The molecule has 3 rings (SSSR count). The first-order valence-corrected chi connectivity index (χ1v) is 11.2. The maximum absolute atomic E-state index is 5.12. The van der Waals surface area contributed by atoms with Gasteiger partial charge in [0.2, 0.25) is 0 Å². The molecule has 0 aliphatic carbocycles. The molecule has 0 unspecified atom stereocenters. The van der Waals surface area contributed by atoms with E-state index < -0.39 is 6.89 Å². The summed E-state index contributed by atoms with van der Waals surface area (Å²) in [6, 6.07) is 21.9. The van der Waals surface area contributed by atoms with Crippen LogP contribution in [-0.4, -0.2) is 11.5 Å². The van der Waals surface area contributed by atoms with Crippen LogP contribution >= 0.6 is 6.89 Å². The predicted octanol–water partition coefficient (Wildman–Crippen LogP) is 5.85. The third-order valence-electron chi connectivity index (χ3n) is 4.80. The number of benzene rings is 2. The lowest BCUT2D eigenvalue weighted by Crippen LogP contribution is -2.30. The van der Waals surface area contributed by atoms with Crippen molar-refractivity contribution in [3.05, 3.63) is 72.2 Å². The molecule has 1 aliphatic rings. The smallest absolute Gasteiger partial charge is 0.0471 e. The van der Waals surface area contributed by atoms with Crippen LogP contribution < -0.4 is 10.6 Å². The summed E-state index contributed by atoms with van der Waals surface area (Å²) in [6.07, 6.45) is 0. The molecule has 0 radical (unpaired) electrons. The first-order chi connectivity index (χ1) is 12.1. The topological polar surface area (TPSA) is 12.4 Å². The van der Waals surface area contributed by atoms with Gasteiger partial charge in [0.15, 0.2) is 0 Å². The molecule has 26 heavy (non-hydrogen) atoms. The molecule has 136 valence electrons. The molecule has 0 amide bonds. The molecule has 1 heterocycles. The number of rotatable bonds is 2. The average Bonchev–Trinajstić information content (AvgIpc) is 2.61. The second-order valence-corrected chi connectivity index (χ2v) is 12.2. The number of allylic oxidation sites excluding steroid dienone is 1. The van der Waals surface area contributed by atoms with E-state index in [-0.39, 0.29) is 10.8 Å². The van der Waals surface area contributed by atoms with Gasteiger partial charge in [-0.2, -0.15) is 0 Å². The van der Waals surface area contributed by atoms with Crippen LogP contribution in [0.5, 0.6) is 0 Å². The fraction of sp³-hybridized carbons (Fsp3) is 0.333. The van der Waals surface area contributed by atoms with Crippen molar-refractivity contribution >= 4 is 29.0 Å². The Labute approximate surface area is 158 Å². The molecule has 0 bridgehead atoms. The first-order valence-electron chi connectivity index (χ1n) is 9.31. The van der Waals surface area contributed by atoms with Crippen LogP contribution in [0.25, 0.3) is 0 Å². The zero-order chi connectivity index (χ0) is 19.0. The largest absolute Gasteiger partial charge is 0.257 e. The van der Waals surface area contributed by atoms with Crippen LogP contribution in [-0.2, 0) is 0 Å². The minimum Gasteiger partial charge on any atom is -0.257 e. The molecule has 2 aromatic carbocycles. The quantitative estimate of drug-likeness (QED) is 0.594. The molecule has 2 heteroatoms. The van der Waals surface area contributed by atoms with Crippen LogP contribution in [0, 0.1) is 10.8 Å². The van der Waals surface area contributed by atoms with Gasteiger partial charge in [-0.3, -0.25) is 4.99 Å². The van der Waals surface area contributed by atoms with E-state index in [2.05, 4.69) is 114 Å². The van der Waals surface area contributed by atoms with Crippen molar-refractivity contribution in [3.8, 4) is 0 Å². The Hall–Kier alpha value is -1.85. The molecule has 2 aromatic rings. The van der Waals surface area contributed by atoms with E-state index in [1.165, 1.54) is 22.0 Å². The summed E-state index contributed by atoms with van der Waals surface area (Å²) in [7, 11) is 0. The Morgan fingerprint density at radius 3 is 1.50 bits per heavy atom. The second kappa shape index (κ2) is 6.71. The molecule has 0 N–H and O–H groups in total. The Morgan fingerprint density at radius 1 is 0.654 bits per heavy atom. The summed E-state index contributed by atoms with van der Waals surface area (Å²) >= 11 is 0. The number of nitrogens with zero attached hydrogens (tertiary/aromatic N) is 1. The van der Waals surface area contributed by atoms with E-state index in [9.17, 15) is 0 Å². The molecule has 1 aliphatic heterocycles. The Kier molecular flexibility index (Phi) is 4.88. The Balaban J connectivity index is 2.42. The lowest BCUT2D eigenvalue weighted by atomic mass is 9.89. The third-order valence-corrected chi connectivity index (χ3v) is 8.41. The maximum Gasteiger partial charge on any atom is 0.0471 e. The van der Waals surface area contributed by atoms with Gasteiger partial charge >= 0.3 is 0 Å². The number of hydrogen-bond donors (Lipinski definition) is 0. The molecule has 0 atom stereocenters. The summed E-state index contributed by atoms with van der Waals surface area (Å²) in [5.41, 5.74) is 2.43. The minimum absolute atomic E-state index is 0.0135. The summed E-state index contributed by atoms with van der Waals surface area (Å²) in [6.45, 7) is 11.8. The second-order valence-electron chi connectivity index (χ2n) is 9.09. The van der Waals surface area contributed by atoms with Crippen molar-refractivity contribution in [3.63, 3.8) is 0 Å². The van der Waals surface area contributed by atoms with Crippen molar-refractivity contribution in [2.24, 2.45) is 15.8 Å². The zero-order valence-electron chi connectivity index (χ0n) is 16.8. The molecule has 1 nitrogen and oxygen atoms in total. The van der Waals surface area contributed by atoms with Gasteiger partial charge in [-0.1, -0.05) is 102 Å². The van der Waals surface area contributed by atoms with Gasteiger partial charge < -0.3 is 0 Å². The molecule has 0 aromatic heterocycles. The molecule has 0 fully saturated rings. The van der Waals surface area contributed by atoms with Gasteiger partial charge in [-0.25, -0.2) is 0 Å². The fourth-order valence-corrected chi connectivity index (χ4v) is 7.09. The molecular formula is C24H30NP. The average molecular weight is 363 g/mol. The van der Waals surface area contributed by atoms with Gasteiger partial charge in [-0.15, -0.1) is 0 Å². The number of hydrogen-bond acceptors (Lipinski definition) is 1. The summed E-state index contributed by atoms with van der Waals surface area (Å²) < 4.78 is 0. The Bertz CT molecular complexity index is 830. The van der Waals surface area contributed by atoms with Gasteiger partial charge in [0.1, 0.15) is 0 Å². The standard InChI is InChI=1S/C24H30NP/c1-23(2,3)21-17-26(19-13-9-7-10-14-19,20-15-11-8-12-16-20)18-22(25-21)24(4,5)6/h7-18H,1-6H3. The fourth-order valence-electron chi connectivity index (χ4n) is 3.13. The minimum atomic E-state index is -1.82. The van der Waals surface area contributed by atoms with Gasteiger partial charge in [0.05, 0.1) is 0 Å². The van der Waals surface area contributed by atoms with E-state index in [1.807, 2.05) is 0 Å². The third kappa shape index (κ3) is 3.64. The van der Waals surface area contributed by atoms with Crippen molar-refractivity contribution < 1.29 is 0 Å². The summed E-state index contributed by atoms with van der Waals surface area (Å²) in [5.74, 6) is 4.96. The van der Waals surface area contributed by atoms with Crippen LogP contribution in [0.15, 0.2) is 77.2 Å². The lowest BCUT2D eigenvalue weighted by Gasteiger charge is -2.35. The highest BCUT2D eigenvalue weighted by Gasteiger charge is 2.32. The maximum atomic E-state index is 5.12. The first kappa shape index (κ1) is 18.9. The highest BCUT2D eigenvalue weighted by atomic mass is 31.2. The SMILES string of the molecule is CC(C)(C)C1=CP(c2ccccc2)(c2ccccc2)=CC(C(C)(C)C)=N1. The van der Waals surface area contributed by atoms with Gasteiger partial charge in [0, 0.05) is 22.2 Å². The van der Waals surface area contributed by atoms with Crippen LogP contribution in [0.4, 0.5) is 0 Å². The van der Waals surface area contributed by atoms with Crippen LogP contribution in [0.3, 0.4) is 0 Å². The molecule has 0 saturated carbocycles. The molecular weight excluding hydrogens is 333 g/mol. The zero-order valence-corrected chi connectivity index (χ0v) is 17.7. The van der Waals surface area contributed by atoms with E-state index >= 15 is 0 Å². The van der Waals surface area contributed by atoms with Crippen molar-refractivity contribution in [1.29, 1.82) is 0 Å².